The van der Waals surface area contributed by atoms with Gasteiger partial charge in [0.05, 0.1) is 23.7 Å². The molecule has 8 heteroatoms. The minimum atomic E-state index is -0.738. The van der Waals surface area contributed by atoms with Crippen molar-refractivity contribution < 1.29 is 8.95 Å². The lowest BCUT2D eigenvalue weighted by atomic mass is 10.0. The normalized spacial score (nSPS) is 15.3. The van der Waals surface area contributed by atoms with Crippen LogP contribution in [0.25, 0.3) is 0 Å². The fourth-order valence-corrected chi connectivity index (χ4v) is 3.79. The summed E-state index contributed by atoms with van der Waals surface area (Å²) >= 11 is 0. The number of hydrogen-bond donors (Lipinski definition) is 2. The molecule has 0 aromatic carbocycles. The zero-order chi connectivity index (χ0) is 18.7. The quantitative estimate of drug-likeness (QED) is 0.775. The molecule has 2 aromatic rings. The van der Waals surface area contributed by atoms with E-state index in [1.54, 1.807) is 18.3 Å². The fraction of sp³-hybridized carbons (Fsp3) is 0.389. The summed E-state index contributed by atoms with van der Waals surface area (Å²) in [6, 6.07) is 5.36. The molecule has 3 N–H and O–H groups in total. The summed E-state index contributed by atoms with van der Waals surface area (Å²) in [6.07, 6.45) is 3.20. The summed E-state index contributed by atoms with van der Waals surface area (Å²) in [4.78, 5) is 10.7. The number of nitrogens with two attached hydrogens (primary N) is 1. The summed E-state index contributed by atoms with van der Waals surface area (Å²) in [5.41, 5.74) is 8.05. The molecule has 0 unspecified atom stereocenters. The van der Waals surface area contributed by atoms with Crippen LogP contribution in [0.1, 0.15) is 25.0 Å². The minimum Gasteiger partial charge on any atom is -0.475 e. The zero-order valence-electron chi connectivity index (χ0n) is 14.9. The van der Waals surface area contributed by atoms with Crippen molar-refractivity contribution in [2.75, 3.05) is 35.2 Å². The van der Waals surface area contributed by atoms with Gasteiger partial charge in [-0.1, -0.05) is 0 Å². The van der Waals surface area contributed by atoms with Gasteiger partial charge >= 0.3 is 0 Å². The maximum Gasteiger partial charge on any atom is 0.214 e. The van der Waals surface area contributed by atoms with Crippen molar-refractivity contribution in [2.24, 2.45) is 0 Å². The number of nitrogens with one attached hydrogen (secondary N) is 1. The molecule has 0 bridgehead atoms. The highest BCUT2D eigenvalue weighted by molar-refractivity contribution is 7.85. The lowest BCUT2D eigenvalue weighted by Crippen LogP contribution is -2.38. The SMILES string of the molecule is CC(C)Oc1cc(C(=N)c2ccnc(N3CCS(=O)CC3)c2)c(N)cn1. The maximum absolute atomic E-state index is 11.5. The molecular weight excluding hydrogens is 350 g/mol. The molecule has 0 amide bonds. The van der Waals surface area contributed by atoms with E-state index in [1.165, 1.54) is 6.20 Å². The van der Waals surface area contributed by atoms with E-state index in [0.717, 1.165) is 11.4 Å². The molecule has 0 spiro atoms. The molecule has 1 aliphatic heterocycles. The minimum absolute atomic E-state index is 0.00895. The van der Waals surface area contributed by atoms with Crippen LogP contribution in [0.2, 0.25) is 0 Å². The molecule has 0 radical (unpaired) electrons. The highest BCUT2D eigenvalue weighted by atomic mass is 32.2. The average molecular weight is 373 g/mol. The number of hydrogen-bond acceptors (Lipinski definition) is 7. The average Bonchev–Trinajstić information content (AvgIpc) is 2.63. The Hall–Kier alpha value is -2.48. The van der Waals surface area contributed by atoms with Gasteiger partial charge in [0.2, 0.25) is 5.88 Å². The largest absolute Gasteiger partial charge is 0.475 e. The van der Waals surface area contributed by atoms with Crippen LogP contribution in [-0.4, -0.2) is 50.6 Å². The van der Waals surface area contributed by atoms with Crippen molar-refractivity contribution in [3.05, 3.63) is 41.7 Å². The molecule has 2 aromatic heterocycles. The van der Waals surface area contributed by atoms with E-state index >= 15 is 0 Å². The van der Waals surface area contributed by atoms with E-state index in [-0.39, 0.29) is 6.10 Å². The van der Waals surface area contributed by atoms with Crippen LogP contribution in [0.4, 0.5) is 11.5 Å². The number of rotatable bonds is 5. The van der Waals surface area contributed by atoms with Crippen LogP contribution in [0.3, 0.4) is 0 Å². The summed E-state index contributed by atoms with van der Waals surface area (Å²) in [5.74, 6) is 2.53. The molecule has 0 aliphatic carbocycles. The van der Waals surface area contributed by atoms with Crippen molar-refractivity contribution in [3.8, 4) is 5.88 Å². The molecule has 3 rings (SSSR count). The smallest absolute Gasteiger partial charge is 0.214 e. The van der Waals surface area contributed by atoms with Gasteiger partial charge in [0.25, 0.3) is 0 Å². The van der Waals surface area contributed by atoms with E-state index in [2.05, 4.69) is 14.9 Å². The predicted octanol–water partition coefficient (Wildman–Crippen LogP) is 1.83. The summed E-state index contributed by atoms with van der Waals surface area (Å²) in [6.45, 7) is 5.26. The summed E-state index contributed by atoms with van der Waals surface area (Å²) in [7, 11) is -0.738. The zero-order valence-corrected chi connectivity index (χ0v) is 15.8. The van der Waals surface area contributed by atoms with Gasteiger partial charge in [0.1, 0.15) is 5.82 Å². The number of ether oxygens (including phenoxy) is 1. The van der Waals surface area contributed by atoms with E-state index in [4.69, 9.17) is 15.9 Å². The molecule has 1 saturated heterocycles. The van der Waals surface area contributed by atoms with Gasteiger partial charge in [-0.05, 0) is 26.0 Å². The van der Waals surface area contributed by atoms with Crippen LogP contribution in [0.5, 0.6) is 5.88 Å². The van der Waals surface area contributed by atoms with Crippen molar-refractivity contribution in [3.63, 3.8) is 0 Å². The summed E-state index contributed by atoms with van der Waals surface area (Å²) in [5, 5.41) is 8.58. The van der Waals surface area contributed by atoms with E-state index in [0.29, 0.717) is 47.4 Å². The molecular formula is C18H23N5O2S. The Morgan fingerprint density at radius 2 is 2.04 bits per heavy atom. The molecule has 26 heavy (non-hydrogen) atoms. The number of aromatic nitrogens is 2. The van der Waals surface area contributed by atoms with Crippen molar-refractivity contribution in [1.29, 1.82) is 5.41 Å². The Morgan fingerprint density at radius 3 is 2.73 bits per heavy atom. The molecule has 0 atom stereocenters. The van der Waals surface area contributed by atoms with Gasteiger partial charge in [-0.3, -0.25) is 9.62 Å². The van der Waals surface area contributed by atoms with Crippen molar-refractivity contribution in [1.82, 2.24) is 9.97 Å². The van der Waals surface area contributed by atoms with Crippen LogP contribution in [0, 0.1) is 5.41 Å². The first kappa shape index (κ1) is 18.3. The number of anilines is 2. The second-order valence-electron chi connectivity index (χ2n) is 6.39. The number of pyridine rings is 2. The fourth-order valence-electron chi connectivity index (χ4n) is 2.74. The van der Waals surface area contributed by atoms with Crippen LogP contribution < -0.4 is 15.4 Å². The van der Waals surface area contributed by atoms with Crippen LogP contribution >= 0.6 is 0 Å². The standard InChI is InChI=1S/C18H23N5O2S/c1-12(2)25-17-10-14(15(19)11-22-17)18(20)13-3-4-21-16(9-13)23-5-7-26(24)8-6-23/h3-4,9-12,20H,5-8,19H2,1-2H3. The Morgan fingerprint density at radius 1 is 1.31 bits per heavy atom. The third-order valence-electron chi connectivity index (χ3n) is 4.07. The van der Waals surface area contributed by atoms with E-state index in [9.17, 15) is 4.21 Å². The van der Waals surface area contributed by atoms with Gasteiger partial charge in [-0.25, -0.2) is 9.97 Å². The third kappa shape index (κ3) is 4.19. The van der Waals surface area contributed by atoms with Crippen molar-refractivity contribution >= 4 is 28.0 Å². The van der Waals surface area contributed by atoms with Gasteiger partial charge in [0, 0.05) is 58.8 Å². The molecule has 3 heterocycles. The van der Waals surface area contributed by atoms with Crippen LogP contribution in [-0.2, 0) is 10.8 Å². The first-order valence-electron chi connectivity index (χ1n) is 8.51. The highest BCUT2D eigenvalue weighted by Gasteiger charge is 2.18. The number of nitrogens with zero attached hydrogens (tertiary/aromatic N) is 3. The van der Waals surface area contributed by atoms with E-state index in [1.807, 2.05) is 19.9 Å². The molecule has 7 nitrogen and oxygen atoms in total. The summed E-state index contributed by atoms with van der Waals surface area (Å²) < 4.78 is 17.2. The lowest BCUT2D eigenvalue weighted by Gasteiger charge is -2.27. The van der Waals surface area contributed by atoms with Crippen LogP contribution in [0.15, 0.2) is 30.6 Å². The van der Waals surface area contributed by atoms with Gasteiger partial charge in [-0.15, -0.1) is 0 Å². The second kappa shape index (κ2) is 7.82. The Labute approximate surface area is 155 Å². The first-order valence-corrected chi connectivity index (χ1v) is 10.0. The first-order chi connectivity index (χ1) is 12.4. The monoisotopic (exact) mass is 373 g/mol. The Bertz CT molecular complexity index is 830. The Kier molecular flexibility index (Phi) is 5.51. The lowest BCUT2D eigenvalue weighted by molar-refractivity contribution is 0.232. The van der Waals surface area contributed by atoms with Gasteiger partial charge in [-0.2, -0.15) is 0 Å². The highest BCUT2D eigenvalue weighted by Crippen LogP contribution is 2.23. The predicted molar refractivity (Wildman–Crippen MR) is 105 cm³/mol. The molecule has 138 valence electrons. The second-order valence-corrected chi connectivity index (χ2v) is 8.09. The third-order valence-corrected chi connectivity index (χ3v) is 5.35. The topological polar surface area (TPSA) is 105 Å². The van der Waals surface area contributed by atoms with E-state index < -0.39 is 10.8 Å². The van der Waals surface area contributed by atoms with Gasteiger partial charge in [0.15, 0.2) is 0 Å². The molecule has 0 saturated carbocycles. The Balaban J connectivity index is 1.86. The molecule has 1 aliphatic rings. The van der Waals surface area contributed by atoms with Gasteiger partial charge < -0.3 is 15.4 Å². The van der Waals surface area contributed by atoms with Crippen molar-refractivity contribution in [2.45, 2.75) is 20.0 Å². The number of nitrogen functional groups attached to an aromatic ring is 1. The molecule has 1 fully saturated rings. The maximum atomic E-state index is 11.5.